The van der Waals surface area contributed by atoms with Crippen LogP contribution in [0.4, 0.5) is 10.1 Å². The number of aryl methyl sites for hydroxylation is 1. The van der Waals surface area contributed by atoms with E-state index in [4.69, 9.17) is 16.1 Å². The van der Waals surface area contributed by atoms with E-state index < -0.39 is 0 Å². The predicted octanol–water partition coefficient (Wildman–Crippen LogP) is 4.60. The van der Waals surface area contributed by atoms with Gasteiger partial charge in [0.05, 0.1) is 5.69 Å². The number of carbonyl (C=O) groups is 1. The Balaban J connectivity index is 1.43. The molecule has 0 atom stereocenters. The Morgan fingerprint density at radius 2 is 2.07 bits per heavy atom. The van der Waals surface area contributed by atoms with Crippen LogP contribution >= 0.6 is 23.4 Å². The maximum absolute atomic E-state index is 13.0. The van der Waals surface area contributed by atoms with Crippen molar-refractivity contribution in [2.45, 2.75) is 17.7 Å². The summed E-state index contributed by atoms with van der Waals surface area (Å²) >= 11 is 7.80. The number of rotatable bonds is 4. The zero-order valence-electron chi connectivity index (χ0n) is 14.2. The second-order valence-corrected chi connectivity index (χ2v) is 7.60. The molecule has 1 amide bonds. The van der Waals surface area contributed by atoms with Crippen molar-refractivity contribution in [3.05, 3.63) is 59.2 Å². The first-order chi connectivity index (χ1) is 13.1. The van der Waals surface area contributed by atoms with Crippen LogP contribution in [0.2, 0.25) is 5.02 Å². The van der Waals surface area contributed by atoms with Crippen LogP contribution < -0.4 is 4.90 Å². The van der Waals surface area contributed by atoms with Gasteiger partial charge in [-0.2, -0.15) is 4.98 Å². The van der Waals surface area contributed by atoms with Gasteiger partial charge < -0.3 is 9.42 Å². The maximum Gasteiger partial charge on any atom is 0.227 e. The molecule has 8 heteroatoms. The van der Waals surface area contributed by atoms with Gasteiger partial charge in [-0.3, -0.25) is 4.79 Å². The van der Waals surface area contributed by atoms with E-state index in [0.717, 1.165) is 16.3 Å². The smallest absolute Gasteiger partial charge is 0.227 e. The van der Waals surface area contributed by atoms with E-state index >= 15 is 0 Å². The third-order valence-corrected chi connectivity index (χ3v) is 5.49. The van der Waals surface area contributed by atoms with Crippen molar-refractivity contribution in [2.24, 2.45) is 0 Å². The Kier molecular flexibility index (Phi) is 5.13. The molecule has 1 aliphatic heterocycles. The topological polar surface area (TPSA) is 59.2 Å². The Hall–Kier alpha value is -2.38. The molecule has 0 aliphatic carbocycles. The number of halogens is 2. The molecule has 2 aromatic carbocycles. The van der Waals surface area contributed by atoms with Crippen molar-refractivity contribution in [3.63, 3.8) is 0 Å². The molecule has 0 N–H and O–H groups in total. The molecular weight excluding hydrogens is 389 g/mol. The number of aromatic nitrogens is 2. The van der Waals surface area contributed by atoms with Gasteiger partial charge in [-0.05, 0) is 42.5 Å². The Labute approximate surface area is 164 Å². The number of amides is 1. The first kappa shape index (κ1) is 18.0. The molecule has 1 aromatic heterocycles. The molecule has 3 aromatic rings. The third-order valence-electron chi connectivity index (χ3n) is 4.21. The van der Waals surface area contributed by atoms with Crippen LogP contribution in [0, 0.1) is 5.82 Å². The van der Waals surface area contributed by atoms with Crippen molar-refractivity contribution < 1.29 is 13.7 Å². The van der Waals surface area contributed by atoms with Crippen molar-refractivity contribution in [1.82, 2.24) is 10.1 Å². The van der Waals surface area contributed by atoms with Crippen LogP contribution in [0.25, 0.3) is 11.4 Å². The van der Waals surface area contributed by atoms with Gasteiger partial charge in [-0.25, -0.2) is 4.39 Å². The molecular formula is C19H15ClFN3O2S. The van der Waals surface area contributed by atoms with Gasteiger partial charge in [0.2, 0.25) is 17.6 Å². The number of thioether (sulfide) groups is 1. The first-order valence-electron chi connectivity index (χ1n) is 8.41. The fourth-order valence-corrected chi connectivity index (χ4v) is 4.01. The molecule has 2 heterocycles. The predicted molar refractivity (Wildman–Crippen MR) is 103 cm³/mol. The van der Waals surface area contributed by atoms with Gasteiger partial charge in [-0.1, -0.05) is 16.8 Å². The van der Waals surface area contributed by atoms with Gasteiger partial charge in [-0.15, -0.1) is 11.8 Å². The standard InChI is InChI=1S/C19H15ClFN3O2S/c20-13-3-6-16-15(11-13)24(9-10-27-16)18(25)8-7-17-22-19(23-26-17)12-1-4-14(21)5-2-12/h1-6,11H,7-10H2. The minimum atomic E-state index is -0.326. The average molecular weight is 404 g/mol. The van der Waals surface area contributed by atoms with Crippen LogP contribution in [-0.4, -0.2) is 28.3 Å². The highest BCUT2D eigenvalue weighted by Gasteiger charge is 2.23. The lowest BCUT2D eigenvalue weighted by Gasteiger charge is -2.29. The number of anilines is 1. The van der Waals surface area contributed by atoms with E-state index in [0.29, 0.717) is 35.3 Å². The van der Waals surface area contributed by atoms with E-state index in [-0.39, 0.29) is 18.1 Å². The molecule has 0 fully saturated rings. The summed E-state index contributed by atoms with van der Waals surface area (Å²) in [5.74, 6) is 1.26. The number of nitrogens with zero attached hydrogens (tertiary/aromatic N) is 3. The van der Waals surface area contributed by atoms with Crippen molar-refractivity contribution in [2.75, 3.05) is 17.2 Å². The molecule has 138 valence electrons. The second kappa shape index (κ2) is 7.70. The normalized spacial score (nSPS) is 13.5. The van der Waals surface area contributed by atoms with Gasteiger partial charge >= 0.3 is 0 Å². The van der Waals surface area contributed by atoms with Crippen molar-refractivity contribution in [3.8, 4) is 11.4 Å². The largest absolute Gasteiger partial charge is 0.339 e. The van der Waals surface area contributed by atoms with E-state index in [2.05, 4.69) is 10.1 Å². The van der Waals surface area contributed by atoms with Crippen molar-refractivity contribution in [1.29, 1.82) is 0 Å². The summed E-state index contributed by atoms with van der Waals surface area (Å²) < 4.78 is 18.2. The SMILES string of the molecule is O=C(CCc1nc(-c2ccc(F)cc2)no1)N1CCSc2ccc(Cl)cc21. The van der Waals surface area contributed by atoms with E-state index in [1.807, 2.05) is 18.2 Å². The summed E-state index contributed by atoms with van der Waals surface area (Å²) in [6.07, 6.45) is 0.592. The summed E-state index contributed by atoms with van der Waals surface area (Å²) in [5.41, 5.74) is 1.51. The molecule has 0 saturated heterocycles. The van der Waals surface area contributed by atoms with Crippen LogP contribution in [0.3, 0.4) is 0 Å². The Morgan fingerprint density at radius 1 is 1.26 bits per heavy atom. The highest BCUT2D eigenvalue weighted by Crippen LogP contribution is 2.36. The Morgan fingerprint density at radius 3 is 2.89 bits per heavy atom. The minimum absolute atomic E-state index is 0.0136. The number of benzene rings is 2. The molecule has 5 nitrogen and oxygen atoms in total. The quantitative estimate of drug-likeness (QED) is 0.637. The zero-order chi connectivity index (χ0) is 18.8. The van der Waals surface area contributed by atoms with E-state index in [1.165, 1.54) is 12.1 Å². The van der Waals surface area contributed by atoms with Crippen LogP contribution in [0.5, 0.6) is 0 Å². The molecule has 1 aliphatic rings. The van der Waals surface area contributed by atoms with Crippen LogP contribution in [-0.2, 0) is 11.2 Å². The molecule has 0 radical (unpaired) electrons. The highest BCUT2D eigenvalue weighted by atomic mass is 35.5. The maximum atomic E-state index is 13.0. The van der Waals surface area contributed by atoms with Gasteiger partial charge in [0, 0.05) is 40.6 Å². The van der Waals surface area contributed by atoms with Gasteiger partial charge in [0.25, 0.3) is 0 Å². The molecule has 27 heavy (non-hydrogen) atoms. The van der Waals surface area contributed by atoms with Crippen LogP contribution in [0.1, 0.15) is 12.3 Å². The minimum Gasteiger partial charge on any atom is -0.339 e. The summed E-state index contributed by atoms with van der Waals surface area (Å²) in [4.78, 5) is 19.8. The first-order valence-corrected chi connectivity index (χ1v) is 9.78. The van der Waals surface area contributed by atoms with Gasteiger partial charge in [0.1, 0.15) is 5.82 Å². The molecule has 4 rings (SSSR count). The fraction of sp³-hybridized carbons (Fsp3) is 0.211. The number of hydrogen-bond acceptors (Lipinski definition) is 5. The fourth-order valence-electron chi connectivity index (χ4n) is 2.87. The number of carbonyl (C=O) groups excluding carboxylic acids is 1. The summed E-state index contributed by atoms with van der Waals surface area (Å²) in [5, 5.41) is 4.51. The second-order valence-electron chi connectivity index (χ2n) is 6.02. The van der Waals surface area contributed by atoms with E-state index in [9.17, 15) is 9.18 Å². The average Bonchev–Trinajstić information content (AvgIpc) is 3.15. The van der Waals surface area contributed by atoms with Gasteiger partial charge in [0.15, 0.2) is 0 Å². The third kappa shape index (κ3) is 3.99. The lowest BCUT2D eigenvalue weighted by atomic mass is 10.2. The molecule has 0 saturated carbocycles. The summed E-state index contributed by atoms with van der Waals surface area (Å²) in [7, 11) is 0. The van der Waals surface area contributed by atoms with Crippen molar-refractivity contribution >= 4 is 35.0 Å². The lowest BCUT2D eigenvalue weighted by molar-refractivity contribution is -0.118. The zero-order valence-corrected chi connectivity index (χ0v) is 15.8. The molecule has 0 spiro atoms. The number of fused-ring (bicyclic) bond motifs is 1. The monoisotopic (exact) mass is 403 g/mol. The summed E-state index contributed by atoms with van der Waals surface area (Å²) in [6.45, 7) is 0.640. The highest BCUT2D eigenvalue weighted by molar-refractivity contribution is 7.99. The van der Waals surface area contributed by atoms with E-state index in [1.54, 1.807) is 28.8 Å². The number of hydrogen-bond donors (Lipinski definition) is 0. The van der Waals surface area contributed by atoms with Crippen LogP contribution in [0.15, 0.2) is 51.9 Å². The lowest BCUT2D eigenvalue weighted by Crippen LogP contribution is -2.35. The summed E-state index contributed by atoms with van der Waals surface area (Å²) in [6, 6.07) is 11.4. The molecule has 0 unspecified atom stereocenters. The molecule has 0 bridgehead atoms. The Bertz CT molecular complexity index is 977.